The Morgan fingerprint density at radius 2 is 2.00 bits per heavy atom. The summed E-state index contributed by atoms with van der Waals surface area (Å²) in [6.07, 6.45) is 4.01. The predicted molar refractivity (Wildman–Crippen MR) is 67.3 cm³/mol. The molecule has 0 N–H and O–H groups in total. The molecule has 0 saturated carbocycles. The summed E-state index contributed by atoms with van der Waals surface area (Å²) in [5, 5.41) is 9.41. The van der Waals surface area contributed by atoms with E-state index in [0.29, 0.717) is 6.42 Å². The van der Waals surface area contributed by atoms with E-state index in [-0.39, 0.29) is 5.82 Å². The lowest BCUT2D eigenvalue weighted by atomic mass is 9.79. The number of aromatic nitrogens is 1. The van der Waals surface area contributed by atoms with Crippen molar-refractivity contribution in [2.45, 2.75) is 18.8 Å². The van der Waals surface area contributed by atoms with Crippen LogP contribution in [0.5, 0.6) is 0 Å². The van der Waals surface area contributed by atoms with Gasteiger partial charge in [-0.2, -0.15) is 5.26 Å². The number of nitrogens with zero attached hydrogens (tertiary/aromatic N) is 2. The first kappa shape index (κ1) is 12.3. The largest absolute Gasteiger partial charge is 0.264 e. The highest BCUT2D eigenvalue weighted by Gasteiger charge is 2.26. The average molecular weight is 240 g/mol. The Labute approximate surface area is 106 Å². The molecule has 0 spiro atoms. The van der Waals surface area contributed by atoms with Crippen LogP contribution in [-0.2, 0) is 11.8 Å². The van der Waals surface area contributed by atoms with Gasteiger partial charge in [0.25, 0.3) is 0 Å². The number of benzene rings is 1. The first-order valence-electron chi connectivity index (χ1n) is 5.70. The van der Waals surface area contributed by atoms with Crippen molar-refractivity contribution in [2.75, 3.05) is 0 Å². The van der Waals surface area contributed by atoms with Crippen molar-refractivity contribution in [1.82, 2.24) is 4.98 Å². The van der Waals surface area contributed by atoms with E-state index in [0.717, 1.165) is 11.1 Å². The number of hydrogen-bond donors (Lipinski definition) is 0. The molecule has 2 rings (SSSR count). The van der Waals surface area contributed by atoms with Gasteiger partial charge in [0, 0.05) is 12.4 Å². The lowest BCUT2D eigenvalue weighted by Gasteiger charge is -2.22. The molecule has 0 bridgehead atoms. The van der Waals surface area contributed by atoms with E-state index in [1.165, 1.54) is 12.1 Å². The van der Waals surface area contributed by atoms with Gasteiger partial charge in [0.2, 0.25) is 0 Å². The Balaban J connectivity index is 2.32. The maximum Gasteiger partial charge on any atom is 0.123 e. The van der Waals surface area contributed by atoms with Crippen LogP contribution in [0.4, 0.5) is 4.39 Å². The minimum Gasteiger partial charge on any atom is -0.264 e. The average Bonchev–Trinajstić information content (AvgIpc) is 2.40. The third-order valence-electron chi connectivity index (χ3n) is 3.01. The maximum atomic E-state index is 12.9. The molecule has 0 radical (unpaired) electrons. The minimum atomic E-state index is -0.670. The molecule has 1 aromatic heterocycles. The van der Waals surface area contributed by atoms with E-state index in [9.17, 15) is 9.65 Å². The molecular weight excluding hydrogens is 227 g/mol. The second kappa shape index (κ2) is 4.97. The summed E-state index contributed by atoms with van der Waals surface area (Å²) in [7, 11) is 0. The van der Waals surface area contributed by atoms with Crippen molar-refractivity contribution in [1.29, 1.82) is 5.26 Å². The zero-order valence-electron chi connectivity index (χ0n) is 10.1. The van der Waals surface area contributed by atoms with Gasteiger partial charge in [0.1, 0.15) is 5.82 Å². The maximum absolute atomic E-state index is 12.9. The van der Waals surface area contributed by atoms with Crippen LogP contribution in [-0.4, -0.2) is 4.98 Å². The summed E-state index contributed by atoms with van der Waals surface area (Å²) >= 11 is 0. The van der Waals surface area contributed by atoms with Crippen molar-refractivity contribution < 1.29 is 4.39 Å². The van der Waals surface area contributed by atoms with Crippen molar-refractivity contribution in [2.24, 2.45) is 0 Å². The van der Waals surface area contributed by atoms with Gasteiger partial charge in [-0.3, -0.25) is 4.98 Å². The third kappa shape index (κ3) is 2.54. The highest BCUT2D eigenvalue weighted by atomic mass is 19.1. The Morgan fingerprint density at radius 1 is 1.28 bits per heavy atom. The fourth-order valence-corrected chi connectivity index (χ4v) is 1.93. The van der Waals surface area contributed by atoms with Gasteiger partial charge in [-0.1, -0.05) is 18.2 Å². The van der Waals surface area contributed by atoms with E-state index < -0.39 is 5.41 Å². The quantitative estimate of drug-likeness (QED) is 0.825. The Hall–Kier alpha value is -2.21. The van der Waals surface area contributed by atoms with E-state index >= 15 is 0 Å². The molecule has 1 unspecified atom stereocenters. The number of halogens is 1. The lowest BCUT2D eigenvalue weighted by Crippen LogP contribution is -2.22. The Bertz CT molecular complexity index is 557. The van der Waals surface area contributed by atoms with Gasteiger partial charge in [-0.25, -0.2) is 4.39 Å². The second-order valence-corrected chi connectivity index (χ2v) is 4.49. The molecule has 1 atom stereocenters. The summed E-state index contributed by atoms with van der Waals surface area (Å²) in [5.74, 6) is -0.291. The molecule has 3 heteroatoms. The van der Waals surface area contributed by atoms with Crippen LogP contribution in [0.25, 0.3) is 0 Å². The molecule has 90 valence electrons. The zero-order chi connectivity index (χ0) is 13.0. The number of hydrogen-bond acceptors (Lipinski definition) is 2. The lowest BCUT2D eigenvalue weighted by molar-refractivity contribution is 0.595. The standard InChI is InChI=1S/C15H13FN2/c1-15(11-17,9-12-3-2-8-18-10-12)13-4-6-14(16)7-5-13/h2-8,10H,9H2,1H3. The van der Waals surface area contributed by atoms with Crippen LogP contribution in [0.1, 0.15) is 18.1 Å². The molecule has 0 aliphatic carbocycles. The Kier molecular flexibility index (Phi) is 3.38. The van der Waals surface area contributed by atoms with E-state index in [4.69, 9.17) is 0 Å². The fourth-order valence-electron chi connectivity index (χ4n) is 1.93. The number of pyridine rings is 1. The first-order chi connectivity index (χ1) is 8.64. The predicted octanol–water partition coefficient (Wildman–Crippen LogP) is 3.24. The normalized spacial score (nSPS) is 13.6. The van der Waals surface area contributed by atoms with E-state index in [1.807, 2.05) is 19.1 Å². The molecule has 1 aromatic carbocycles. The summed E-state index contributed by atoms with van der Waals surface area (Å²) in [4.78, 5) is 4.04. The van der Waals surface area contributed by atoms with Crippen molar-refractivity contribution in [3.63, 3.8) is 0 Å². The summed E-state index contributed by atoms with van der Waals surface area (Å²) < 4.78 is 12.9. The van der Waals surface area contributed by atoms with Crippen molar-refractivity contribution in [3.05, 3.63) is 65.7 Å². The van der Waals surface area contributed by atoms with Crippen LogP contribution >= 0.6 is 0 Å². The van der Waals surface area contributed by atoms with Gasteiger partial charge in [-0.15, -0.1) is 0 Å². The number of nitriles is 1. The van der Waals surface area contributed by atoms with Gasteiger partial charge >= 0.3 is 0 Å². The van der Waals surface area contributed by atoms with Crippen LogP contribution in [0.15, 0.2) is 48.8 Å². The molecule has 1 heterocycles. The summed E-state index contributed by atoms with van der Waals surface area (Å²) in [6.45, 7) is 1.85. The molecule has 0 aliphatic heterocycles. The number of rotatable bonds is 3. The van der Waals surface area contributed by atoms with Gasteiger partial charge in [0.05, 0.1) is 11.5 Å². The molecule has 0 aliphatic rings. The van der Waals surface area contributed by atoms with Gasteiger partial charge in [-0.05, 0) is 42.7 Å². The summed E-state index contributed by atoms with van der Waals surface area (Å²) in [5.41, 5.74) is 1.14. The van der Waals surface area contributed by atoms with Crippen LogP contribution in [0.3, 0.4) is 0 Å². The summed E-state index contributed by atoms with van der Waals surface area (Å²) in [6, 6.07) is 12.2. The fraction of sp³-hybridized carbons (Fsp3) is 0.200. The minimum absolute atomic E-state index is 0.291. The van der Waals surface area contributed by atoms with Crippen molar-refractivity contribution >= 4 is 0 Å². The monoisotopic (exact) mass is 240 g/mol. The zero-order valence-corrected chi connectivity index (χ0v) is 10.1. The van der Waals surface area contributed by atoms with Crippen LogP contribution in [0, 0.1) is 17.1 Å². The molecule has 2 aromatic rings. The molecule has 0 amide bonds. The van der Waals surface area contributed by atoms with Gasteiger partial charge < -0.3 is 0 Å². The van der Waals surface area contributed by atoms with E-state index in [1.54, 1.807) is 24.5 Å². The first-order valence-corrected chi connectivity index (χ1v) is 5.70. The molecule has 0 fully saturated rings. The molecule has 18 heavy (non-hydrogen) atoms. The third-order valence-corrected chi connectivity index (χ3v) is 3.01. The van der Waals surface area contributed by atoms with Crippen molar-refractivity contribution in [3.8, 4) is 6.07 Å². The van der Waals surface area contributed by atoms with Crippen LogP contribution in [0.2, 0.25) is 0 Å². The van der Waals surface area contributed by atoms with Crippen LogP contribution < -0.4 is 0 Å². The molecular formula is C15H13FN2. The molecule has 2 nitrogen and oxygen atoms in total. The highest BCUT2D eigenvalue weighted by Crippen LogP contribution is 2.27. The smallest absolute Gasteiger partial charge is 0.123 e. The van der Waals surface area contributed by atoms with Gasteiger partial charge in [0.15, 0.2) is 0 Å². The second-order valence-electron chi connectivity index (χ2n) is 4.49. The topological polar surface area (TPSA) is 36.7 Å². The SMILES string of the molecule is CC(C#N)(Cc1cccnc1)c1ccc(F)cc1. The highest BCUT2D eigenvalue weighted by molar-refractivity contribution is 5.34. The molecule has 0 saturated heterocycles. The van der Waals surface area contributed by atoms with E-state index in [2.05, 4.69) is 11.1 Å². The Morgan fingerprint density at radius 3 is 2.56 bits per heavy atom.